The fraction of sp³-hybridized carbons (Fsp3) is 0.364. The molecule has 34 heavy (non-hydrogen) atoms. The van der Waals surface area contributed by atoms with Crippen LogP contribution in [0.5, 0.6) is 11.8 Å². The van der Waals surface area contributed by atoms with Crippen molar-refractivity contribution < 1.29 is 24.3 Å². The summed E-state index contributed by atoms with van der Waals surface area (Å²) >= 11 is 0. The van der Waals surface area contributed by atoms with Gasteiger partial charge in [-0.2, -0.15) is 4.52 Å². The highest BCUT2D eigenvalue weighted by Crippen LogP contribution is 2.33. The van der Waals surface area contributed by atoms with E-state index in [2.05, 4.69) is 30.8 Å². The lowest BCUT2D eigenvalue weighted by molar-refractivity contribution is -0.0606. The van der Waals surface area contributed by atoms with E-state index < -0.39 is 18.2 Å². The first-order valence-electron chi connectivity index (χ1n) is 10.5. The van der Waals surface area contributed by atoms with Gasteiger partial charge in [0.2, 0.25) is 17.6 Å². The summed E-state index contributed by atoms with van der Waals surface area (Å²) in [6.45, 7) is 9.31. The molecule has 4 rings (SSSR count). The van der Waals surface area contributed by atoms with Gasteiger partial charge in [0.25, 0.3) is 5.91 Å². The molecule has 0 radical (unpaired) electrons. The number of aryl methyl sites for hydroxylation is 1. The molecule has 4 aromatic heterocycles. The number of aliphatic hydroxyl groups is 2. The van der Waals surface area contributed by atoms with E-state index in [-0.39, 0.29) is 16.9 Å². The standard InChI is InChI=1S/C22H25N7O5/c1-11-8-15(28-34-11)18-26-25-16-9-14(22(3,4)5)20(27-29(16)18)33-17-7-6-13(10-23-17)19(30)24-12(2)21(31)32/h6-10,12,21,31-32H,1-5H3,(H,24,30)/t12-/m1/s1. The smallest absolute Gasteiger partial charge is 0.253 e. The lowest BCUT2D eigenvalue weighted by Gasteiger charge is -2.21. The Labute approximate surface area is 194 Å². The maximum Gasteiger partial charge on any atom is 0.253 e. The summed E-state index contributed by atoms with van der Waals surface area (Å²) < 4.78 is 12.7. The number of aliphatic hydroxyl groups excluding tert-OH is 1. The molecule has 1 amide bonds. The van der Waals surface area contributed by atoms with Crippen molar-refractivity contribution in [1.29, 1.82) is 0 Å². The summed E-state index contributed by atoms with van der Waals surface area (Å²) in [7, 11) is 0. The number of carbonyl (C=O) groups is 1. The number of nitrogens with one attached hydrogen (secondary N) is 1. The molecule has 0 saturated heterocycles. The summed E-state index contributed by atoms with van der Waals surface area (Å²) in [6.07, 6.45) is -0.334. The van der Waals surface area contributed by atoms with Crippen LogP contribution in [-0.4, -0.2) is 58.4 Å². The van der Waals surface area contributed by atoms with Crippen LogP contribution in [0.1, 0.15) is 49.4 Å². The van der Waals surface area contributed by atoms with Crippen LogP contribution in [-0.2, 0) is 5.41 Å². The van der Waals surface area contributed by atoms with Crippen molar-refractivity contribution in [3.63, 3.8) is 0 Å². The highest BCUT2D eigenvalue weighted by molar-refractivity contribution is 5.94. The Bertz CT molecular complexity index is 1320. The Kier molecular flexibility index (Phi) is 6.02. The quantitative estimate of drug-likeness (QED) is 0.358. The molecule has 0 unspecified atom stereocenters. The average molecular weight is 467 g/mol. The zero-order valence-electron chi connectivity index (χ0n) is 19.3. The number of pyridine rings is 1. The monoisotopic (exact) mass is 467 g/mol. The van der Waals surface area contributed by atoms with E-state index in [1.54, 1.807) is 13.0 Å². The predicted molar refractivity (Wildman–Crippen MR) is 119 cm³/mol. The van der Waals surface area contributed by atoms with E-state index in [0.717, 1.165) is 5.56 Å². The zero-order chi connectivity index (χ0) is 24.6. The minimum absolute atomic E-state index is 0.219. The summed E-state index contributed by atoms with van der Waals surface area (Å²) in [5.74, 6) is 1.05. The first-order valence-corrected chi connectivity index (χ1v) is 10.5. The van der Waals surface area contributed by atoms with Crippen molar-refractivity contribution in [2.45, 2.75) is 52.4 Å². The van der Waals surface area contributed by atoms with E-state index in [1.165, 1.54) is 29.8 Å². The third kappa shape index (κ3) is 4.72. The van der Waals surface area contributed by atoms with Crippen LogP contribution < -0.4 is 10.1 Å². The number of amides is 1. The lowest BCUT2D eigenvalue weighted by Crippen LogP contribution is -2.40. The number of hydrogen-bond donors (Lipinski definition) is 3. The molecule has 0 aliphatic heterocycles. The van der Waals surface area contributed by atoms with Gasteiger partial charge in [0.1, 0.15) is 5.76 Å². The molecule has 4 heterocycles. The maximum atomic E-state index is 12.2. The molecule has 0 aliphatic carbocycles. The van der Waals surface area contributed by atoms with Gasteiger partial charge in [-0.05, 0) is 31.4 Å². The Hall–Kier alpha value is -3.90. The van der Waals surface area contributed by atoms with Crippen LogP contribution in [0, 0.1) is 6.92 Å². The number of rotatable bonds is 6. The number of nitrogens with zero attached hydrogens (tertiary/aromatic N) is 6. The second-order valence-electron chi connectivity index (χ2n) is 8.89. The lowest BCUT2D eigenvalue weighted by atomic mass is 9.88. The molecule has 1 atom stereocenters. The molecule has 12 nitrogen and oxygen atoms in total. The van der Waals surface area contributed by atoms with E-state index in [4.69, 9.17) is 19.5 Å². The van der Waals surface area contributed by atoms with Crippen LogP contribution >= 0.6 is 0 Å². The first-order chi connectivity index (χ1) is 16.0. The Morgan fingerprint density at radius 1 is 1.21 bits per heavy atom. The highest BCUT2D eigenvalue weighted by Gasteiger charge is 2.25. The van der Waals surface area contributed by atoms with Gasteiger partial charge in [0.05, 0.1) is 11.6 Å². The SMILES string of the molecule is Cc1cc(-c2nnc3cc(C(C)(C)C)c(Oc4ccc(C(=O)N[C@H](C)C(O)O)cn4)nn23)no1. The molecule has 12 heteroatoms. The van der Waals surface area contributed by atoms with Gasteiger partial charge in [0.15, 0.2) is 17.6 Å². The average Bonchev–Trinajstić information content (AvgIpc) is 3.38. The summed E-state index contributed by atoms with van der Waals surface area (Å²) in [6, 6.07) is 5.79. The van der Waals surface area contributed by atoms with E-state index >= 15 is 0 Å². The van der Waals surface area contributed by atoms with Crippen LogP contribution in [0.25, 0.3) is 17.2 Å². The van der Waals surface area contributed by atoms with Crippen molar-refractivity contribution in [3.05, 3.63) is 47.3 Å². The number of aromatic nitrogens is 6. The molecule has 0 fully saturated rings. The number of hydrogen-bond acceptors (Lipinski definition) is 10. The van der Waals surface area contributed by atoms with Crippen LogP contribution in [0.15, 0.2) is 35.0 Å². The predicted octanol–water partition coefficient (Wildman–Crippen LogP) is 2.00. The zero-order valence-corrected chi connectivity index (χ0v) is 19.3. The van der Waals surface area contributed by atoms with Gasteiger partial charge in [-0.3, -0.25) is 4.79 Å². The molecule has 4 aromatic rings. The minimum Gasteiger partial charge on any atom is -0.419 e. The summed E-state index contributed by atoms with van der Waals surface area (Å²) in [5, 5.41) is 37.8. The molecule has 3 N–H and O–H groups in total. The van der Waals surface area contributed by atoms with E-state index in [1.807, 2.05) is 26.8 Å². The first kappa shape index (κ1) is 23.3. The second kappa shape index (κ2) is 8.80. The Balaban J connectivity index is 1.67. The van der Waals surface area contributed by atoms with Crippen LogP contribution in [0.2, 0.25) is 0 Å². The van der Waals surface area contributed by atoms with Gasteiger partial charge in [-0.15, -0.1) is 15.3 Å². The third-order valence-corrected chi connectivity index (χ3v) is 5.03. The van der Waals surface area contributed by atoms with Gasteiger partial charge >= 0.3 is 0 Å². The molecule has 0 spiro atoms. The molecule has 0 bridgehead atoms. The summed E-state index contributed by atoms with van der Waals surface area (Å²) in [5.41, 5.74) is 1.70. The normalized spacial score (nSPS) is 12.8. The Morgan fingerprint density at radius 2 is 1.97 bits per heavy atom. The number of fused-ring (bicyclic) bond motifs is 1. The topological polar surface area (TPSA) is 161 Å². The molecule has 0 aliphatic rings. The van der Waals surface area contributed by atoms with Crippen LogP contribution in [0.4, 0.5) is 0 Å². The Morgan fingerprint density at radius 3 is 2.56 bits per heavy atom. The maximum absolute atomic E-state index is 12.2. The molecule has 0 aromatic carbocycles. The van der Waals surface area contributed by atoms with Crippen molar-refractivity contribution in [2.24, 2.45) is 0 Å². The number of carbonyl (C=O) groups excluding carboxylic acids is 1. The largest absolute Gasteiger partial charge is 0.419 e. The summed E-state index contributed by atoms with van der Waals surface area (Å²) in [4.78, 5) is 16.5. The molecule has 178 valence electrons. The van der Waals surface area contributed by atoms with Crippen molar-refractivity contribution in [2.75, 3.05) is 0 Å². The van der Waals surface area contributed by atoms with Gasteiger partial charge in [-0.25, -0.2) is 4.98 Å². The van der Waals surface area contributed by atoms with Crippen molar-refractivity contribution in [3.8, 4) is 23.3 Å². The van der Waals surface area contributed by atoms with Gasteiger partial charge in [0, 0.05) is 23.9 Å². The van der Waals surface area contributed by atoms with Crippen molar-refractivity contribution >= 4 is 11.6 Å². The highest BCUT2D eigenvalue weighted by atomic mass is 16.5. The molecule has 0 saturated carbocycles. The van der Waals surface area contributed by atoms with Gasteiger partial charge < -0.3 is 24.8 Å². The van der Waals surface area contributed by atoms with Gasteiger partial charge in [-0.1, -0.05) is 25.9 Å². The van der Waals surface area contributed by atoms with Crippen LogP contribution in [0.3, 0.4) is 0 Å². The molecular formula is C22H25N7O5. The van der Waals surface area contributed by atoms with E-state index in [9.17, 15) is 4.79 Å². The fourth-order valence-electron chi connectivity index (χ4n) is 3.10. The fourth-order valence-corrected chi connectivity index (χ4v) is 3.10. The number of ether oxygens (including phenoxy) is 1. The third-order valence-electron chi connectivity index (χ3n) is 5.03. The second-order valence-corrected chi connectivity index (χ2v) is 8.89. The minimum atomic E-state index is -1.67. The van der Waals surface area contributed by atoms with E-state index in [0.29, 0.717) is 28.8 Å². The molecular weight excluding hydrogens is 442 g/mol. The van der Waals surface area contributed by atoms with Crippen molar-refractivity contribution in [1.82, 2.24) is 35.3 Å².